The lowest BCUT2D eigenvalue weighted by Crippen LogP contribution is -2.46. The molecule has 0 atom stereocenters. The Morgan fingerprint density at radius 2 is 1.67 bits per heavy atom. The summed E-state index contributed by atoms with van der Waals surface area (Å²) in [5.41, 5.74) is 6.05. The van der Waals surface area contributed by atoms with E-state index in [0.29, 0.717) is 12.6 Å². The minimum atomic E-state index is 0.0240. The van der Waals surface area contributed by atoms with E-state index in [9.17, 15) is 0 Å². The first kappa shape index (κ1) is 14.3. The maximum atomic E-state index is 6.49. The Morgan fingerprint density at radius 3 is 2.17 bits per heavy atom. The van der Waals surface area contributed by atoms with Crippen LogP contribution in [0.25, 0.3) is 0 Å². The highest BCUT2D eigenvalue weighted by Gasteiger charge is 2.36. The van der Waals surface area contributed by atoms with Gasteiger partial charge in [0.1, 0.15) is 0 Å². The summed E-state index contributed by atoms with van der Waals surface area (Å²) in [5.74, 6) is 1.81. The lowest BCUT2D eigenvalue weighted by atomic mass is 9.78. The van der Waals surface area contributed by atoms with E-state index >= 15 is 0 Å². The highest BCUT2D eigenvalue weighted by molar-refractivity contribution is 4.89. The number of hydrogen-bond acceptors (Lipinski definition) is 2. The van der Waals surface area contributed by atoms with Crippen molar-refractivity contribution in [3.05, 3.63) is 0 Å². The van der Waals surface area contributed by atoms with E-state index in [4.69, 9.17) is 10.5 Å². The van der Waals surface area contributed by atoms with Gasteiger partial charge in [-0.25, -0.2) is 0 Å². The van der Waals surface area contributed by atoms with Crippen LogP contribution in [0, 0.1) is 11.8 Å². The topological polar surface area (TPSA) is 35.2 Å². The van der Waals surface area contributed by atoms with Crippen molar-refractivity contribution >= 4 is 0 Å². The maximum Gasteiger partial charge on any atom is 0.0808 e. The summed E-state index contributed by atoms with van der Waals surface area (Å²) in [6, 6.07) is 0. The minimum Gasteiger partial charge on any atom is -0.370 e. The Hall–Kier alpha value is -0.0800. The average molecular weight is 253 g/mol. The van der Waals surface area contributed by atoms with Crippen LogP contribution >= 0.6 is 0 Å². The molecule has 2 aliphatic rings. The van der Waals surface area contributed by atoms with Crippen LogP contribution in [0.1, 0.15) is 71.6 Å². The fourth-order valence-electron chi connectivity index (χ4n) is 3.67. The minimum absolute atomic E-state index is 0.0240. The molecule has 0 heterocycles. The second-order valence-electron chi connectivity index (χ2n) is 6.74. The molecule has 106 valence electrons. The first-order chi connectivity index (χ1) is 8.67. The molecular formula is C16H31NO. The second kappa shape index (κ2) is 6.38. The van der Waals surface area contributed by atoms with Crippen molar-refractivity contribution in [1.82, 2.24) is 0 Å². The Balaban J connectivity index is 1.83. The molecule has 2 rings (SSSR count). The van der Waals surface area contributed by atoms with E-state index in [1.54, 1.807) is 0 Å². The molecule has 0 aromatic heterocycles. The second-order valence-corrected chi connectivity index (χ2v) is 6.74. The summed E-state index contributed by atoms with van der Waals surface area (Å²) in [5, 5.41) is 0. The summed E-state index contributed by atoms with van der Waals surface area (Å²) < 4.78 is 6.49. The quantitative estimate of drug-likeness (QED) is 0.825. The highest BCUT2D eigenvalue weighted by atomic mass is 16.5. The van der Waals surface area contributed by atoms with E-state index in [2.05, 4.69) is 13.8 Å². The molecule has 2 aliphatic carbocycles. The number of ether oxygens (including phenoxy) is 1. The van der Waals surface area contributed by atoms with E-state index in [0.717, 1.165) is 11.8 Å². The molecule has 0 unspecified atom stereocenters. The summed E-state index contributed by atoms with van der Waals surface area (Å²) in [7, 11) is 0. The van der Waals surface area contributed by atoms with Gasteiger partial charge in [0.25, 0.3) is 0 Å². The molecule has 2 heteroatoms. The predicted molar refractivity (Wildman–Crippen MR) is 76.5 cm³/mol. The van der Waals surface area contributed by atoms with Crippen LogP contribution in [0.4, 0.5) is 0 Å². The largest absolute Gasteiger partial charge is 0.370 e. The third-order valence-corrected chi connectivity index (χ3v) is 5.35. The van der Waals surface area contributed by atoms with E-state index in [-0.39, 0.29) is 5.60 Å². The molecular weight excluding hydrogens is 222 g/mol. The van der Waals surface area contributed by atoms with Crippen molar-refractivity contribution in [1.29, 1.82) is 0 Å². The van der Waals surface area contributed by atoms with Gasteiger partial charge in [-0.05, 0) is 63.2 Å². The van der Waals surface area contributed by atoms with Crippen molar-refractivity contribution in [2.75, 3.05) is 6.54 Å². The van der Waals surface area contributed by atoms with Crippen LogP contribution in [0.3, 0.4) is 0 Å². The monoisotopic (exact) mass is 253 g/mol. The highest BCUT2D eigenvalue weighted by Crippen LogP contribution is 2.38. The third-order valence-electron chi connectivity index (χ3n) is 5.35. The summed E-state index contributed by atoms with van der Waals surface area (Å²) in [6.45, 7) is 5.38. The Kier molecular flexibility index (Phi) is 5.08. The van der Waals surface area contributed by atoms with Gasteiger partial charge in [-0.15, -0.1) is 0 Å². The zero-order valence-electron chi connectivity index (χ0n) is 12.3. The molecule has 0 bridgehead atoms. The first-order valence-corrected chi connectivity index (χ1v) is 8.05. The average Bonchev–Trinajstić information content (AvgIpc) is 2.43. The van der Waals surface area contributed by atoms with Crippen molar-refractivity contribution < 1.29 is 4.74 Å². The Labute approximate surface area is 113 Å². The van der Waals surface area contributed by atoms with Crippen molar-refractivity contribution in [2.45, 2.75) is 83.3 Å². The molecule has 2 N–H and O–H groups in total. The molecule has 0 amide bonds. The fourth-order valence-corrected chi connectivity index (χ4v) is 3.67. The van der Waals surface area contributed by atoms with Crippen LogP contribution in [-0.4, -0.2) is 18.2 Å². The number of nitrogens with two attached hydrogens (primary N) is 1. The predicted octanol–water partition coefficient (Wildman–Crippen LogP) is 3.88. The molecule has 0 aliphatic heterocycles. The normalized spacial score (nSPS) is 41.8. The van der Waals surface area contributed by atoms with Gasteiger partial charge in [-0.1, -0.05) is 20.3 Å². The van der Waals surface area contributed by atoms with Gasteiger partial charge in [-0.2, -0.15) is 0 Å². The molecule has 0 aromatic rings. The van der Waals surface area contributed by atoms with E-state index < -0.39 is 0 Å². The molecule has 18 heavy (non-hydrogen) atoms. The van der Waals surface area contributed by atoms with Crippen molar-refractivity contribution in [3.63, 3.8) is 0 Å². The molecule has 2 saturated carbocycles. The third kappa shape index (κ3) is 3.48. The van der Waals surface area contributed by atoms with Crippen LogP contribution in [0.2, 0.25) is 0 Å². The van der Waals surface area contributed by atoms with Crippen LogP contribution in [0.5, 0.6) is 0 Å². The lowest BCUT2D eigenvalue weighted by Gasteiger charge is -2.42. The van der Waals surface area contributed by atoms with Gasteiger partial charge in [0.2, 0.25) is 0 Å². The zero-order valence-corrected chi connectivity index (χ0v) is 12.3. The van der Waals surface area contributed by atoms with Crippen LogP contribution < -0.4 is 5.73 Å². The van der Waals surface area contributed by atoms with Gasteiger partial charge in [-0.3, -0.25) is 0 Å². The van der Waals surface area contributed by atoms with E-state index in [1.807, 2.05) is 0 Å². The van der Waals surface area contributed by atoms with Gasteiger partial charge >= 0.3 is 0 Å². The van der Waals surface area contributed by atoms with Crippen molar-refractivity contribution in [2.24, 2.45) is 17.6 Å². The molecule has 2 nitrogen and oxygen atoms in total. The van der Waals surface area contributed by atoms with Crippen LogP contribution in [-0.2, 0) is 4.74 Å². The molecule has 0 radical (unpaired) electrons. The standard InChI is InChI=1S/C16H31NO/c1-3-14-4-6-15(7-5-14)18-16(12-17)10-8-13(2)9-11-16/h13-15H,3-12,17H2,1-2H3. The van der Waals surface area contributed by atoms with Gasteiger partial charge < -0.3 is 10.5 Å². The van der Waals surface area contributed by atoms with Gasteiger partial charge in [0, 0.05) is 6.54 Å². The smallest absolute Gasteiger partial charge is 0.0808 e. The number of hydrogen-bond donors (Lipinski definition) is 1. The molecule has 0 aromatic carbocycles. The van der Waals surface area contributed by atoms with Gasteiger partial charge in [0.15, 0.2) is 0 Å². The van der Waals surface area contributed by atoms with E-state index in [1.165, 1.54) is 57.8 Å². The van der Waals surface area contributed by atoms with Gasteiger partial charge in [0.05, 0.1) is 11.7 Å². The maximum absolute atomic E-state index is 6.49. The van der Waals surface area contributed by atoms with Crippen molar-refractivity contribution in [3.8, 4) is 0 Å². The Bertz CT molecular complexity index is 237. The summed E-state index contributed by atoms with van der Waals surface area (Å²) >= 11 is 0. The lowest BCUT2D eigenvalue weighted by molar-refractivity contribution is -0.125. The number of rotatable bonds is 4. The molecule has 2 fully saturated rings. The first-order valence-electron chi connectivity index (χ1n) is 8.05. The SMILES string of the molecule is CCC1CCC(OC2(CN)CCC(C)CC2)CC1. The molecule has 0 saturated heterocycles. The van der Waals surface area contributed by atoms with Crippen LogP contribution in [0.15, 0.2) is 0 Å². The molecule has 0 spiro atoms. The Morgan fingerprint density at radius 1 is 1.06 bits per heavy atom. The zero-order chi connectivity index (χ0) is 13.0. The summed E-state index contributed by atoms with van der Waals surface area (Å²) in [4.78, 5) is 0. The summed E-state index contributed by atoms with van der Waals surface area (Å²) in [6.07, 6.45) is 12.0. The fraction of sp³-hybridized carbons (Fsp3) is 1.00.